The summed E-state index contributed by atoms with van der Waals surface area (Å²) in [6, 6.07) is 10.2. The molecule has 0 unspecified atom stereocenters. The van der Waals surface area contributed by atoms with Crippen LogP contribution in [0.25, 0.3) is 0 Å². The zero-order chi connectivity index (χ0) is 21.1. The molecule has 1 atom stereocenters. The minimum absolute atomic E-state index is 0.275. The van der Waals surface area contributed by atoms with Gasteiger partial charge in [0.05, 0.1) is 30.9 Å². The Labute approximate surface area is 187 Å². The lowest BCUT2D eigenvalue weighted by Crippen LogP contribution is -2.45. The van der Waals surface area contributed by atoms with E-state index >= 15 is 0 Å². The summed E-state index contributed by atoms with van der Waals surface area (Å²) >= 11 is 15.2. The summed E-state index contributed by atoms with van der Waals surface area (Å²) in [5.74, 6) is 0.728. The number of halogens is 2. The van der Waals surface area contributed by atoms with Crippen molar-refractivity contribution in [3.8, 4) is 11.5 Å². The predicted molar refractivity (Wildman–Crippen MR) is 122 cm³/mol. The first-order valence-electron chi connectivity index (χ1n) is 8.60. The fourth-order valence-corrected chi connectivity index (χ4v) is 3.85. The van der Waals surface area contributed by atoms with E-state index in [1.165, 1.54) is 14.2 Å². The first-order valence-corrected chi connectivity index (χ1v) is 10.2. The molecule has 3 rings (SSSR count). The largest absolute Gasteiger partial charge is 0.493 e. The van der Waals surface area contributed by atoms with Crippen molar-refractivity contribution >= 4 is 56.5 Å². The molecule has 0 fully saturated rings. The van der Waals surface area contributed by atoms with E-state index in [4.69, 9.17) is 33.3 Å². The Morgan fingerprint density at radius 3 is 2.41 bits per heavy atom. The molecule has 0 radical (unpaired) electrons. The molecule has 0 aromatic heterocycles. The minimum atomic E-state index is -0.563. The first kappa shape index (κ1) is 21.4. The minimum Gasteiger partial charge on any atom is -0.493 e. The average Bonchev–Trinajstić information content (AvgIpc) is 2.68. The third-order valence-electron chi connectivity index (χ3n) is 4.43. The molecule has 9 heteroatoms. The molecule has 0 saturated carbocycles. The highest BCUT2D eigenvalue weighted by Gasteiger charge is 2.32. The van der Waals surface area contributed by atoms with Crippen molar-refractivity contribution in [1.29, 1.82) is 0 Å². The highest BCUT2D eigenvalue weighted by atomic mass is 79.9. The van der Waals surface area contributed by atoms with Crippen LogP contribution in [0.1, 0.15) is 18.5 Å². The zero-order valence-corrected chi connectivity index (χ0v) is 19.1. The Bertz CT molecular complexity index is 995. The van der Waals surface area contributed by atoms with Crippen LogP contribution in [-0.2, 0) is 4.79 Å². The predicted octanol–water partition coefficient (Wildman–Crippen LogP) is 4.55. The van der Waals surface area contributed by atoms with Crippen molar-refractivity contribution in [1.82, 2.24) is 10.6 Å². The summed E-state index contributed by atoms with van der Waals surface area (Å²) in [5.41, 5.74) is 2.42. The second-order valence-corrected chi connectivity index (χ2v) is 7.99. The number of carbonyl (C=O) groups is 1. The first-order chi connectivity index (χ1) is 13.8. The van der Waals surface area contributed by atoms with Gasteiger partial charge in [-0.2, -0.15) is 0 Å². The maximum absolute atomic E-state index is 13.1. The molecule has 0 saturated heterocycles. The van der Waals surface area contributed by atoms with E-state index in [0.29, 0.717) is 44.2 Å². The van der Waals surface area contributed by atoms with E-state index < -0.39 is 6.04 Å². The topological polar surface area (TPSA) is 71.6 Å². The Kier molecular flexibility index (Phi) is 6.66. The monoisotopic (exact) mass is 495 g/mol. The molecule has 0 bridgehead atoms. The Morgan fingerprint density at radius 1 is 1.17 bits per heavy atom. The van der Waals surface area contributed by atoms with Gasteiger partial charge < -0.3 is 25.4 Å². The number of methoxy groups -OCH3 is 2. The van der Waals surface area contributed by atoms with Gasteiger partial charge in [-0.15, -0.1) is 0 Å². The second kappa shape index (κ2) is 9.02. The lowest BCUT2D eigenvalue weighted by Gasteiger charge is -2.31. The third kappa shape index (κ3) is 4.66. The Balaban J connectivity index is 2.02. The summed E-state index contributed by atoms with van der Waals surface area (Å²) in [6.07, 6.45) is 0. The fraction of sp³-hybridized carbons (Fsp3) is 0.200. The number of thiocarbonyl (C=S) groups is 1. The van der Waals surface area contributed by atoms with E-state index in [9.17, 15) is 4.79 Å². The van der Waals surface area contributed by atoms with Crippen molar-refractivity contribution in [3.63, 3.8) is 0 Å². The van der Waals surface area contributed by atoms with Crippen LogP contribution in [0, 0.1) is 0 Å². The molecule has 29 heavy (non-hydrogen) atoms. The van der Waals surface area contributed by atoms with Gasteiger partial charge in [0.2, 0.25) is 0 Å². The van der Waals surface area contributed by atoms with Gasteiger partial charge in [-0.3, -0.25) is 4.79 Å². The van der Waals surface area contributed by atoms with Crippen molar-refractivity contribution in [2.24, 2.45) is 0 Å². The number of anilines is 1. The maximum Gasteiger partial charge on any atom is 0.255 e. The zero-order valence-electron chi connectivity index (χ0n) is 15.9. The second-order valence-electron chi connectivity index (χ2n) is 6.26. The molecule has 2 aromatic rings. The molecule has 6 nitrogen and oxygen atoms in total. The molecule has 1 heterocycles. The van der Waals surface area contributed by atoms with Crippen LogP contribution in [0.5, 0.6) is 11.5 Å². The van der Waals surface area contributed by atoms with Crippen molar-refractivity contribution in [3.05, 3.63) is 62.7 Å². The number of amides is 1. The van der Waals surface area contributed by atoms with Crippen molar-refractivity contribution < 1.29 is 14.3 Å². The highest BCUT2D eigenvalue weighted by molar-refractivity contribution is 9.10. The molecular weight excluding hydrogens is 478 g/mol. The summed E-state index contributed by atoms with van der Waals surface area (Å²) < 4.78 is 11.6. The molecule has 152 valence electrons. The summed E-state index contributed by atoms with van der Waals surface area (Å²) in [4.78, 5) is 13.1. The van der Waals surface area contributed by atoms with Gasteiger partial charge in [-0.05, 0) is 49.5 Å². The average molecular weight is 497 g/mol. The van der Waals surface area contributed by atoms with Crippen LogP contribution in [0.3, 0.4) is 0 Å². The lowest BCUT2D eigenvalue weighted by atomic mass is 9.94. The molecule has 0 aliphatic carbocycles. The number of nitrogens with one attached hydrogen (secondary N) is 3. The summed E-state index contributed by atoms with van der Waals surface area (Å²) in [5, 5.41) is 9.88. The van der Waals surface area contributed by atoms with Crippen LogP contribution in [-0.4, -0.2) is 25.2 Å². The summed E-state index contributed by atoms with van der Waals surface area (Å²) in [7, 11) is 3.07. The number of hydrogen-bond acceptors (Lipinski definition) is 4. The number of benzene rings is 2. The van der Waals surface area contributed by atoms with Gasteiger partial charge in [0.1, 0.15) is 0 Å². The van der Waals surface area contributed by atoms with Gasteiger partial charge in [-0.1, -0.05) is 27.5 Å². The van der Waals surface area contributed by atoms with E-state index in [0.717, 1.165) is 4.47 Å². The number of rotatable bonds is 5. The molecule has 3 N–H and O–H groups in total. The molecule has 0 spiro atoms. The van der Waals surface area contributed by atoms with Gasteiger partial charge in [0.15, 0.2) is 16.6 Å². The van der Waals surface area contributed by atoms with E-state index in [1.54, 1.807) is 19.1 Å². The number of ether oxygens (including phenoxy) is 2. The quantitative estimate of drug-likeness (QED) is 0.528. The van der Waals surface area contributed by atoms with Gasteiger partial charge in [0.25, 0.3) is 5.91 Å². The van der Waals surface area contributed by atoms with Crippen LogP contribution in [0.2, 0.25) is 5.02 Å². The maximum atomic E-state index is 13.1. The normalized spacial score (nSPS) is 16.0. The van der Waals surface area contributed by atoms with Crippen LogP contribution in [0.15, 0.2) is 52.1 Å². The third-order valence-corrected chi connectivity index (χ3v) is 5.51. The summed E-state index contributed by atoms with van der Waals surface area (Å²) in [6.45, 7) is 1.80. The van der Waals surface area contributed by atoms with Crippen molar-refractivity contribution in [2.45, 2.75) is 13.0 Å². The van der Waals surface area contributed by atoms with E-state index in [1.807, 2.05) is 24.3 Å². The van der Waals surface area contributed by atoms with Gasteiger partial charge >= 0.3 is 0 Å². The molecule has 2 aromatic carbocycles. The molecule has 1 amide bonds. The lowest BCUT2D eigenvalue weighted by molar-refractivity contribution is -0.113. The highest BCUT2D eigenvalue weighted by Crippen LogP contribution is 2.39. The van der Waals surface area contributed by atoms with Crippen LogP contribution >= 0.6 is 39.7 Å². The smallest absolute Gasteiger partial charge is 0.255 e. The van der Waals surface area contributed by atoms with E-state index in [2.05, 4.69) is 31.9 Å². The number of carbonyl (C=O) groups excluding carboxylic acids is 1. The van der Waals surface area contributed by atoms with Gasteiger partial charge in [0, 0.05) is 27.5 Å². The Morgan fingerprint density at radius 2 is 1.79 bits per heavy atom. The van der Waals surface area contributed by atoms with Gasteiger partial charge in [-0.25, -0.2) is 0 Å². The van der Waals surface area contributed by atoms with Crippen LogP contribution < -0.4 is 25.4 Å². The van der Waals surface area contributed by atoms with Crippen molar-refractivity contribution in [2.75, 3.05) is 19.5 Å². The SMILES string of the molecule is COc1cc(Cl)c([C@@H]2NC(=S)NC(C)=C2C(=O)Nc2ccc(Br)cc2)cc1OC. The molecule has 1 aliphatic rings. The van der Waals surface area contributed by atoms with E-state index in [-0.39, 0.29) is 5.91 Å². The Hall–Kier alpha value is -2.29. The van der Waals surface area contributed by atoms with Crippen LogP contribution in [0.4, 0.5) is 5.69 Å². The standard InChI is InChI=1S/C20H19BrClN3O3S/c1-10-17(19(26)24-12-6-4-11(21)5-7-12)18(25-20(29)23-10)13-8-15(27-2)16(28-3)9-14(13)22/h4-9,18H,1-3H3,(H,24,26)(H2,23,25,29)/t18-/m0/s1. The fourth-order valence-electron chi connectivity index (χ4n) is 3.05. The number of allylic oxidation sites excluding steroid dienone is 1. The number of hydrogen-bond donors (Lipinski definition) is 3. The molecule has 1 aliphatic heterocycles. The molecular formula is C20H19BrClN3O3S.